The van der Waals surface area contributed by atoms with Gasteiger partial charge in [-0.25, -0.2) is 0 Å². The number of non-ortho nitro benzene ring substituents is 4. The molecule has 0 amide bonds. The fourth-order valence-corrected chi connectivity index (χ4v) is 14.0. The van der Waals surface area contributed by atoms with Crippen LogP contribution in [0.15, 0.2) is 260 Å². The zero-order valence-corrected chi connectivity index (χ0v) is 82.4. The number of nitro benzene ring substituents is 4. The molecular weight excluding hydrogens is 1990 g/mol. The van der Waals surface area contributed by atoms with Crippen molar-refractivity contribution < 1.29 is 108 Å². The first-order valence-electron chi connectivity index (χ1n) is 43.2. The van der Waals surface area contributed by atoms with E-state index in [1.54, 1.807) is 97.0 Å². The Morgan fingerprint density at radius 1 is 0.456 bits per heavy atom. The van der Waals surface area contributed by atoms with E-state index in [1.807, 2.05) is 41.6 Å². The minimum Gasteiger partial charge on any atom is -0.506 e. The summed E-state index contributed by atoms with van der Waals surface area (Å²) >= 11 is 0. The summed E-state index contributed by atoms with van der Waals surface area (Å²) in [6.07, 6.45) is 14.1. The van der Waals surface area contributed by atoms with Gasteiger partial charge in [0.25, 0.3) is 45.0 Å². The van der Waals surface area contributed by atoms with Crippen LogP contribution in [0, 0.1) is 138 Å². The molecule has 756 valence electrons. The van der Waals surface area contributed by atoms with Gasteiger partial charge in [0, 0.05) is 116 Å². The van der Waals surface area contributed by atoms with Crippen LogP contribution in [0.25, 0.3) is 0 Å². The zero-order chi connectivity index (χ0) is 107. The number of phenolic OH excluding ortho intramolecular Hbond substituents is 4. The second kappa shape index (κ2) is 53.9. The number of anilines is 1. The second-order valence-corrected chi connectivity index (χ2v) is 31.3. The van der Waals surface area contributed by atoms with Crippen LogP contribution in [0.4, 0.5) is 79.6 Å². The molecular formula is C100H94Co2N24O21+2. The molecule has 0 unspecified atom stereocenters. The Bertz CT molecular complexity index is 7350. The number of fused-ring (bicyclic) bond motifs is 1. The predicted octanol–water partition coefficient (Wildman–Crippen LogP) is 16.7. The Kier molecular flexibility index (Phi) is 42.7. The van der Waals surface area contributed by atoms with Gasteiger partial charge in [-0.3, -0.25) is 82.9 Å². The Hall–Kier alpha value is -19.3. The molecule has 8 aromatic carbocycles. The van der Waals surface area contributed by atoms with E-state index in [0.717, 1.165) is 103 Å². The van der Waals surface area contributed by atoms with Crippen molar-refractivity contribution in [2.45, 2.75) is 93.9 Å². The maximum absolute atomic E-state index is 12.6. The van der Waals surface area contributed by atoms with Gasteiger partial charge in [-0.15, -0.1) is 60.3 Å². The summed E-state index contributed by atoms with van der Waals surface area (Å²) in [4.78, 5) is 92.0. The Morgan fingerprint density at radius 2 is 0.748 bits per heavy atom. The van der Waals surface area contributed by atoms with E-state index >= 15 is 0 Å². The van der Waals surface area contributed by atoms with Gasteiger partial charge in [-0.05, 0) is 122 Å². The number of aromatic nitrogens is 4. The molecule has 0 saturated heterocycles. The van der Waals surface area contributed by atoms with Crippen molar-refractivity contribution in [2.24, 2.45) is 46.0 Å². The van der Waals surface area contributed by atoms with Gasteiger partial charge in [0.15, 0.2) is 22.7 Å². The summed E-state index contributed by atoms with van der Waals surface area (Å²) in [5.74, 6) is 1.43. The predicted molar refractivity (Wildman–Crippen MR) is 534 cm³/mol. The molecule has 9 N–H and O–H groups in total. The maximum Gasteiger partial charge on any atom is 0.272 e. The molecule has 5 heterocycles. The molecule has 1 aliphatic heterocycles. The van der Waals surface area contributed by atoms with E-state index in [4.69, 9.17) is 33.2 Å². The van der Waals surface area contributed by atoms with Crippen LogP contribution in [0.5, 0.6) is 52.3 Å². The van der Waals surface area contributed by atoms with Crippen molar-refractivity contribution in [3.05, 3.63) is 338 Å². The third-order valence-corrected chi connectivity index (χ3v) is 22.1. The topological polar surface area (TPSA) is 649 Å². The summed E-state index contributed by atoms with van der Waals surface area (Å²) in [6, 6.07) is 53.8. The molecule has 0 saturated carbocycles. The maximum atomic E-state index is 12.6. The van der Waals surface area contributed by atoms with Crippen LogP contribution in [-0.2, 0) is 65.2 Å². The Balaban J connectivity index is 0.000000275. The van der Waals surface area contributed by atoms with Gasteiger partial charge in [0.05, 0.1) is 90.3 Å². The number of azo groups is 4. The number of hydrogen-bond donors (Lipinski definition) is 9. The molecule has 0 bridgehead atoms. The van der Waals surface area contributed by atoms with Crippen LogP contribution in [0.3, 0.4) is 0 Å². The number of ether oxygens (including phenoxy) is 1. The Labute approximate surface area is 858 Å². The quantitative estimate of drug-likeness (QED) is 0.00439. The summed E-state index contributed by atoms with van der Waals surface area (Å²) < 4.78 is 11.0. The molecule has 0 atom stereocenters. The third-order valence-electron chi connectivity index (χ3n) is 22.1. The third kappa shape index (κ3) is 28.3. The van der Waals surface area contributed by atoms with Crippen molar-refractivity contribution in [3.8, 4) is 101 Å². The van der Waals surface area contributed by atoms with E-state index in [1.165, 1.54) is 64.3 Å². The van der Waals surface area contributed by atoms with Gasteiger partial charge < -0.3 is 50.5 Å². The fourth-order valence-electron chi connectivity index (χ4n) is 14.0. The van der Waals surface area contributed by atoms with Crippen LogP contribution in [0.2, 0.25) is 0 Å². The van der Waals surface area contributed by atoms with Crippen molar-refractivity contribution in [1.29, 1.82) is 21.0 Å². The van der Waals surface area contributed by atoms with Crippen LogP contribution >= 0.6 is 0 Å². The average molecular weight is 2090 g/mol. The molecule has 1 aliphatic rings. The molecule has 47 heteroatoms. The van der Waals surface area contributed by atoms with E-state index in [9.17, 15) is 111 Å². The summed E-state index contributed by atoms with van der Waals surface area (Å²) in [5, 5.41) is 198. The number of nitrogens with one attached hydrogen (secondary N) is 1. The minimum atomic E-state index is -0.780. The van der Waals surface area contributed by atoms with E-state index in [-0.39, 0.29) is 201 Å². The standard InChI is InChI=1S/C22H26N3O.2C20H15N5O5.2C16H11N5O5.C6H15N.2Co/c1-6-15-25(17-11-13-18(26-5)14-12-17)23-16-21-22(2,3)19-9-7-8-10-20(19)24(21)4;2*1-12-15(10-21)19(27)24(11-13-5-3-2-4-6-13)20(28)18(12)23-22-16-9-14(25(29)30)7-8-17(16)26;2*1-3-6-20-15(23)11(8-17)9(2)14(16(20)24)19-18-12-7-10(21(25)26)4-5-13(12)22;1-4-7(5-2)6-3;;/h6-14,16H,1,15H2,2-5H3;2*2-9,26,28H,11H2,1H3;2*1,4-5,7,22,24H,6H2,2H3;4-6H2,1-3H3;;/q+1;;;;;;;/p+1. The first-order valence-corrected chi connectivity index (χ1v) is 43.2. The van der Waals surface area contributed by atoms with Crippen molar-refractivity contribution in [2.75, 3.05) is 45.3 Å². The molecule has 0 spiro atoms. The van der Waals surface area contributed by atoms with E-state index in [2.05, 4.69) is 130 Å². The number of nitro groups is 4. The molecule has 0 aliphatic carbocycles. The monoisotopic (exact) mass is 2080 g/mol. The number of hydrogen-bond acceptors (Lipinski definition) is 35. The van der Waals surface area contributed by atoms with E-state index in [0.29, 0.717) is 17.7 Å². The average Bonchev–Trinajstić information content (AvgIpc) is 1.61. The number of quaternary nitrogens is 1. The SMILES string of the molecule is C#CCn1c(O)c(N=Nc2cc([N+](=O)[O-])ccc2O)c(C)c(C#N)c1=O.C#CCn1c(O)c(N=Nc2cc([N+](=O)[O-])ccc2O)c(C)c(C#N)c1=O.C=CCN(/N=C/C1=[N+](C)c2ccccc2C1(C)C)c1ccc(OC)cc1.CC[NH+](CC)CC.Cc1c(N=Nc2cc([N+](=O)[O-])ccc2O)c(O)n(Cc2ccccc2)c(=O)c1C#N.Cc1c(N=Nc2cc([N+](=O)[O-])ccc2O)c(O)n(Cc2ccccc2)c(=O)c1C#N.[Co].[Co]. The number of terminal acetylenes is 2. The first kappa shape index (κ1) is 116. The largest absolute Gasteiger partial charge is 0.506 e. The minimum absolute atomic E-state index is 0. The molecule has 45 nitrogen and oxygen atoms in total. The number of rotatable bonds is 27. The van der Waals surface area contributed by atoms with Gasteiger partial charge in [-0.1, -0.05) is 96.8 Å². The molecule has 13 rings (SSSR count). The number of benzene rings is 8. The summed E-state index contributed by atoms with van der Waals surface area (Å²) in [7, 11) is 3.77. The number of hydrazone groups is 1. The smallest absolute Gasteiger partial charge is 0.272 e. The number of phenols is 4. The second-order valence-electron chi connectivity index (χ2n) is 31.3. The van der Waals surface area contributed by atoms with E-state index < -0.39 is 65.5 Å². The Morgan fingerprint density at radius 3 is 1.01 bits per heavy atom. The summed E-state index contributed by atoms with van der Waals surface area (Å²) in [5.41, 5.74) is -0.494. The molecule has 2 radical (unpaired) electrons. The number of pyridine rings is 4. The van der Waals surface area contributed by atoms with Gasteiger partial charge in [0.2, 0.25) is 34.9 Å². The van der Waals surface area contributed by atoms with Crippen molar-refractivity contribution >= 4 is 91.5 Å². The molecule has 4 aromatic heterocycles. The normalized spacial score (nSPS) is 11.3. The first-order chi connectivity index (χ1) is 69.1. The number of para-hydroxylation sites is 1. The van der Waals surface area contributed by atoms with Crippen LogP contribution < -0.4 is 36.9 Å². The number of aromatic hydroxyl groups is 8. The number of nitrogens with zero attached hydrogens (tertiary/aromatic N) is 23. The number of methoxy groups -OCH3 is 1. The molecule has 147 heavy (non-hydrogen) atoms. The fraction of sp³-hybridized carbons (Fsp3) is 0.200. The van der Waals surface area contributed by atoms with Gasteiger partial charge in [0.1, 0.15) is 111 Å². The van der Waals surface area contributed by atoms with Crippen molar-refractivity contribution in [3.63, 3.8) is 0 Å². The number of nitriles is 4. The molecule has 12 aromatic rings. The zero-order valence-electron chi connectivity index (χ0n) is 80.3. The van der Waals surface area contributed by atoms with Crippen molar-refractivity contribution in [1.82, 2.24) is 18.3 Å². The van der Waals surface area contributed by atoms with Gasteiger partial charge >= 0.3 is 0 Å². The molecule has 0 fully saturated rings. The van der Waals surface area contributed by atoms with Crippen LogP contribution in [-0.4, -0.2) is 136 Å². The summed E-state index contributed by atoms with van der Waals surface area (Å²) in [6.45, 7) is 24.4. The van der Waals surface area contributed by atoms with Crippen LogP contribution in [0.1, 0.15) is 95.8 Å². The van der Waals surface area contributed by atoms with Gasteiger partial charge in [-0.2, -0.15) is 30.7 Å².